The van der Waals surface area contributed by atoms with Crippen LogP contribution in [0.5, 0.6) is 0 Å². The molecule has 19 atom stereocenters. The summed E-state index contributed by atoms with van der Waals surface area (Å²) in [4.78, 5) is 66.7. The highest BCUT2D eigenvalue weighted by atomic mass is 31.2. The fraction of sp³-hybridized carbons (Fsp3) is 0.937. The lowest BCUT2D eigenvalue weighted by molar-refractivity contribution is -0.360. The molecule has 1 saturated carbocycles. The summed E-state index contributed by atoms with van der Waals surface area (Å²) in [6.07, 6.45) is 31.8. The van der Waals surface area contributed by atoms with Crippen molar-refractivity contribution in [2.45, 2.75) is 537 Å². The van der Waals surface area contributed by atoms with Gasteiger partial charge in [-0.3, -0.25) is 28.2 Å². The minimum Gasteiger partial charge on any atom is -0.463 e. The zero-order chi connectivity index (χ0) is 88.4. The fourth-order valence-corrected chi connectivity index (χ4v) is 17.5. The quantitative estimate of drug-likeness (QED) is 0.00889. The second kappa shape index (κ2) is 73.0. The lowest BCUT2D eigenvalue weighted by Crippen LogP contribution is -2.70. The van der Waals surface area contributed by atoms with E-state index in [2.05, 4.69) is 46.8 Å². The van der Waals surface area contributed by atoms with Crippen LogP contribution in [0.1, 0.15) is 433 Å². The first-order valence-corrected chi connectivity index (χ1v) is 50.8. The summed E-state index contributed by atoms with van der Waals surface area (Å²) in [7, 11) is -5.81. The summed E-state index contributed by atoms with van der Waals surface area (Å²) in [5.74, 6) is -2.26. The van der Waals surface area contributed by atoms with Gasteiger partial charge in [0, 0.05) is 25.7 Å². The molecule has 3 rings (SSSR count). The summed E-state index contributed by atoms with van der Waals surface area (Å²) in [6.45, 7) is 7.96. The van der Waals surface area contributed by atoms with Crippen LogP contribution in [0.3, 0.4) is 0 Å². The van der Waals surface area contributed by atoms with Crippen LogP contribution < -0.4 is 0 Å². The van der Waals surface area contributed by atoms with Crippen LogP contribution in [0.4, 0.5) is 0 Å². The Morgan fingerprint density at radius 1 is 0.347 bits per heavy atom. The van der Waals surface area contributed by atoms with Crippen LogP contribution in [0.2, 0.25) is 0 Å². The van der Waals surface area contributed by atoms with E-state index in [1.807, 2.05) is 0 Å². The highest BCUT2D eigenvalue weighted by Gasteiger charge is 2.60. The van der Waals surface area contributed by atoms with Gasteiger partial charge in [0.15, 0.2) is 24.8 Å². The Bertz CT molecular complexity index is 2570. The number of esters is 4. The molecular formula is C95H177O25P. The number of hydrogen-bond acceptors (Lipinski definition) is 24. The minimum absolute atomic E-state index is 0.0188. The lowest BCUT2D eigenvalue weighted by atomic mass is 9.84. The maximum atomic E-state index is 14.9. The molecule has 2 saturated heterocycles. The van der Waals surface area contributed by atoms with Crippen molar-refractivity contribution in [1.82, 2.24) is 0 Å². The maximum Gasteiger partial charge on any atom is 0.472 e. The van der Waals surface area contributed by atoms with Crippen molar-refractivity contribution in [2.24, 2.45) is 5.92 Å². The SMILES string of the molecule is CCCCCC/C=C\CCCCCCCCCC(=O)OC(COC(=O)CCCCCCCCC(C)CCCCCCCC)COP(=O)(O)OC1C(OC2OC(CO)C(O)C(O)C2O)C(O)C(O)C(OC(=O)CCCCCCCCCCCCCCCCC)C1OC1OC(COC(=O)CCCCCCCCCCCCCCCCCC)C(O)C(O)C1O. The average Bonchev–Trinajstić information content (AvgIpc) is 0.753. The summed E-state index contributed by atoms with van der Waals surface area (Å²) < 4.78 is 73.6. The number of carbonyl (C=O) groups is 4. The van der Waals surface area contributed by atoms with Gasteiger partial charge in [0.25, 0.3) is 0 Å². The molecule has 121 heavy (non-hydrogen) atoms. The topological polar surface area (TPSA) is 380 Å². The van der Waals surface area contributed by atoms with Gasteiger partial charge in [-0.2, -0.15) is 0 Å². The maximum absolute atomic E-state index is 14.9. The molecule has 712 valence electrons. The Labute approximate surface area is 731 Å². The Morgan fingerprint density at radius 3 is 1.07 bits per heavy atom. The highest BCUT2D eigenvalue weighted by Crippen LogP contribution is 2.49. The van der Waals surface area contributed by atoms with Gasteiger partial charge < -0.3 is 88.7 Å². The number of ether oxygens (including phenoxy) is 8. The molecule has 0 aromatic carbocycles. The Balaban J connectivity index is 1.90. The van der Waals surface area contributed by atoms with Gasteiger partial charge in [-0.15, -0.1) is 0 Å². The average molecular weight is 1750 g/mol. The number of phosphoric ester groups is 1. The van der Waals surface area contributed by atoms with E-state index in [1.165, 1.54) is 193 Å². The number of rotatable bonds is 80. The van der Waals surface area contributed by atoms with E-state index in [-0.39, 0.29) is 25.7 Å². The molecule has 2 heterocycles. The van der Waals surface area contributed by atoms with Crippen molar-refractivity contribution in [3.63, 3.8) is 0 Å². The zero-order valence-electron chi connectivity index (χ0n) is 76.3. The first kappa shape index (κ1) is 112. The molecule has 1 aliphatic carbocycles. The van der Waals surface area contributed by atoms with Gasteiger partial charge >= 0.3 is 31.7 Å². The number of hydrogen-bond donors (Lipinski definition) is 10. The third-order valence-electron chi connectivity index (χ3n) is 24.4. The van der Waals surface area contributed by atoms with Gasteiger partial charge in [-0.05, 0) is 57.3 Å². The van der Waals surface area contributed by atoms with E-state index in [0.717, 1.165) is 141 Å². The molecule has 25 nitrogen and oxygen atoms in total. The van der Waals surface area contributed by atoms with Crippen molar-refractivity contribution in [3.8, 4) is 0 Å². The lowest BCUT2D eigenvalue weighted by Gasteiger charge is -2.50. The van der Waals surface area contributed by atoms with Gasteiger partial charge in [-0.1, -0.05) is 368 Å². The Hall–Kier alpha value is -2.79. The molecule has 0 bridgehead atoms. The molecule has 0 spiro atoms. The number of phosphoric acid groups is 1. The molecule has 0 amide bonds. The molecule has 19 unspecified atom stereocenters. The molecule has 0 aromatic rings. The summed E-state index contributed by atoms with van der Waals surface area (Å²) >= 11 is 0. The van der Waals surface area contributed by atoms with E-state index in [4.69, 9.17) is 46.9 Å². The summed E-state index contributed by atoms with van der Waals surface area (Å²) in [5.41, 5.74) is 0. The van der Waals surface area contributed by atoms with Gasteiger partial charge in [-0.25, -0.2) is 4.57 Å². The number of unbranched alkanes of at least 4 members (excludes halogenated alkanes) is 50. The molecule has 0 radical (unpaired) electrons. The Morgan fingerprint density at radius 2 is 0.669 bits per heavy atom. The predicted molar refractivity (Wildman–Crippen MR) is 472 cm³/mol. The van der Waals surface area contributed by atoms with Crippen molar-refractivity contribution in [2.75, 3.05) is 26.4 Å². The molecule has 26 heteroatoms. The van der Waals surface area contributed by atoms with E-state index in [0.29, 0.717) is 44.4 Å². The fourth-order valence-electron chi connectivity index (χ4n) is 16.5. The molecule has 3 fully saturated rings. The van der Waals surface area contributed by atoms with E-state index in [1.54, 1.807) is 0 Å². The number of allylic oxidation sites excluding steroid dienone is 2. The summed E-state index contributed by atoms with van der Waals surface area (Å²) in [5, 5.41) is 103. The van der Waals surface area contributed by atoms with Crippen LogP contribution in [0.25, 0.3) is 0 Å². The monoisotopic (exact) mass is 1750 g/mol. The highest BCUT2D eigenvalue weighted by molar-refractivity contribution is 7.47. The van der Waals surface area contributed by atoms with Crippen molar-refractivity contribution in [3.05, 3.63) is 12.2 Å². The third-order valence-corrected chi connectivity index (χ3v) is 25.4. The van der Waals surface area contributed by atoms with Crippen molar-refractivity contribution in [1.29, 1.82) is 0 Å². The van der Waals surface area contributed by atoms with Gasteiger partial charge in [0.1, 0.15) is 92.6 Å². The van der Waals surface area contributed by atoms with E-state index < -0.39 is 162 Å². The molecule has 0 aromatic heterocycles. The number of aliphatic hydroxyl groups excluding tert-OH is 9. The second-order valence-corrected chi connectivity index (χ2v) is 37.0. The predicted octanol–water partition coefficient (Wildman–Crippen LogP) is 19.0. The number of carbonyl (C=O) groups excluding carboxylic acids is 4. The van der Waals surface area contributed by atoms with Gasteiger partial charge in [0.2, 0.25) is 0 Å². The minimum atomic E-state index is -5.81. The van der Waals surface area contributed by atoms with E-state index >= 15 is 0 Å². The van der Waals surface area contributed by atoms with E-state index in [9.17, 15) is 74.6 Å². The first-order valence-electron chi connectivity index (χ1n) is 49.3. The smallest absolute Gasteiger partial charge is 0.463 e. The Kier molecular flexibility index (Phi) is 67.8. The van der Waals surface area contributed by atoms with Crippen LogP contribution >= 0.6 is 7.82 Å². The second-order valence-electron chi connectivity index (χ2n) is 35.6. The third kappa shape index (κ3) is 53.1. The zero-order valence-corrected chi connectivity index (χ0v) is 77.2. The standard InChI is InChI=1S/C95H177O25P/c1-6-10-14-18-22-25-28-31-34-37-38-41-44-47-54-61-67-79(98)112-73-77-83(102)85(104)89(108)95(116-77)119-92-90(117-81(100)69-63-57-49-46-43-40-36-33-30-27-24-20-16-12-8-3)86(105)87(106)91(118-94-88(107)84(103)82(101)76(70-96)115-94)93(92)120-121(109,110)113-72-75(114-80(99)68-62-56-48-45-42-39-35-32-29-26-23-19-15-11-7-2)71-111-78(97)66-60-55-51-50-53-59-65-74(5)64-58-52-21-17-13-9-4/h26,29,74-77,82-96,101-108H,6-25,27-28,30-73H2,1-5H3,(H,109,110)/b29-26-. The van der Waals surface area contributed by atoms with Crippen LogP contribution in [-0.2, 0) is 70.7 Å². The first-order chi connectivity index (χ1) is 58.6. The molecule has 2 aliphatic heterocycles. The van der Waals surface area contributed by atoms with Crippen LogP contribution in [0.15, 0.2) is 12.2 Å². The normalized spacial score (nSPS) is 24.9. The van der Waals surface area contributed by atoms with Crippen LogP contribution in [-0.4, -0.2) is 205 Å². The molecule has 10 N–H and O–H groups in total. The van der Waals surface area contributed by atoms with Crippen molar-refractivity contribution >= 4 is 31.7 Å². The molecule has 3 aliphatic rings. The largest absolute Gasteiger partial charge is 0.472 e. The molecular weight excluding hydrogens is 1570 g/mol. The number of aliphatic hydroxyl groups is 9. The summed E-state index contributed by atoms with van der Waals surface area (Å²) in [6, 6.07) is 0. The van der Waals surface area contributed by atoms with Gasteiger partial charge in [0.05, 0.1) is 13.2 Å². The van der Waals surface area contributed by atoms with Crippen LogP contribution in [0, 0.1) is 5.92 Å². The van der Waals surface area contributed by atoms with Crippen molar-refractivity contribution < 1.29 is 122 Å².